The lowest BCUT2D eigenvalue weighted by atomic mass is 10.0. The van der Waals surface area contributed by atoms with Crippen molar-refractivity contribution in [2.45, 2.75) is 44.6 Å². The fourth-order valence-electron chi connectivity index (χ4n) is 4.55. The van der Waals surface area contributed by atoms with E-state index < -0.39 is 17.8 Å². The number of ether oxygens (including phenoxy) is 4. The number of hydrogen-bond acceptors (Lipinski definition) is 10. The maximum atomic E-state index is 13.4. The van der Waals surface area contributed by atoms with E-state index in [4.69, 9.17) is 18.9 Å². The largest absolute Gasteiger partial charge is 0.491 e. The molecule has 1 unspecified atom stereocenters. The Kier molecular flexibility index (Phi) is 6.15. The standard InChI is InChI=1S/C23H28N6O6/c1-23(2)34-13-16(35-23)12-33-15-6-7-24-18(9-15)26-22(31)29-14-5-4-8-28(11-14)17-10-25-19(21(30)32-3)27-20(17)29/h6-7,9-10,14,16H,4-5,8,11-13H2,1-3H3,(H,24,26,31)/t14-,16?/m0/s1. The first-order valence-corrected chi connectivity index (χ1v) is 11.5. The average Bonchev–Trinajstić information content (AvgIpc) is 3.21. The molecule has 2 saturated heterocycles. The van der Waals surface area contributed by atoms with Crippen LogP contribution in [-0.2, 0) is 14.2 Å². The number of aromatic nitrogens is 3. The third-order valence-electron chi connectivity index (χ3n) is 6.14. The van der Waals surface area contributed by atoms with Crippen molar-refractivity contribution in [2.24, 2.45) is 0 Å². The second-order valence-corrected chi connectivity index (χ2v) is 9.07. The molecule has 0 spiro atoms. The van der Waals surface area contributed by atoms with Crippen LogP contribution in [-0.4, -0.2) is 78.3 Å². The molecule has 3 aliphatic heterocycles. The monoisotopic (exact) mass is 484 g/mol. The van der Waals surface area contributed by atoms with Crippen molar-refractivity contribution in [1.29, 1.82) is 0 Å². The first kappa shape index (κ1) is 23.2. The topological polar surface area (TPSA) is 128 Å². The summed E-state index contributed by atoms with van der Waals surface area (Å²) < 4.78 is 21.9. The van der Waals surface area contributed by atoms with E-state index in [0.29, 0.717) is 42.8 Å². The van der Waals surface area contributed by atoms with Crippen LogP contribution >= 0.6 is 0 Å². The van der Waals surface area contributed by atoms with E-state index in [9.17, 15) is 9.59 Å². The number of anilines is 3. The molecule has 2 aromatic heterocycles. The van der Waals surface area contributed by atoms with Gasteiger partial charge in [0.05, 0.1) is 31.6 Å². The molecule has 186 valence electrons. The van der Waals surface area contributed by atoms with Crippen molar-refractivity contribution in [3.63, 3.8) is 0 Å². The minimum absolute atomic E-state index is 0.0972. The third kappa shape index (κ3) is 4.84. The Labute approximate surface area is 202 Å². The van der Waals surface area contributed by atoms with E-state index >= 15 is 0 Å². The number of rotatable bonds is 5. The van der Waals surface area contributed by atoms with Gasteiger partial charge in [0.25, 0.3) is 0 Å². The first-order chi connectivity index (χ1) is 16.8. The number of pyridine rings is 1. The minimum Gasteiger partial charge on any atom is -0.491 e. The van der Waals surface area contributed by atoms with Crippen LogP contribution in [0.1, 0.15) is 37.3 Å². The highest BCUT2D eigenvalue weighted by Crippen LogP contribution is 2.37. The highest BCUT2D eigenvalue weighted by Gasteiger charge is 2.39. The van der Waals surface area contributed by atoms with E-state index in [1.54, 1.807) is 29.4 Å². The van der Waals surface area contributed by atoms with Crippen LogP contribution in [0.2, 0.25) is 0 Å². The van der Waals surface area contributed by atoms with Gasteiger partial charge in [-0.3, -0.25) is 10.2 Å². The van der Waals surface area contributed by atoms with Gasteiger partial charge < -0.3 is 23.8 Å². The molecule has 2 bridgehead atoms. The number of methoxy groups -OCH3 is 1. The van der Waals surface area contributed by atoms with Gasteiger partial charge in [0.2, 0.25) is 5.82 Å². The minimum atomic E-state index is -0.662. The van der Waals surface area contributed by atoms with Crippen molar-refractivity contribution in [3.8, 4) is 5.75 Å². The van der Waals surface area contributed by atoms with Crippen LogP contribution in [0.4, 0.5) is 22.1 Å². The number of esters is 1. The molecule has 5 rings (SSSR count). The van der Waals surface area contributed by atoms with Gasteiger partial charge in [0, 0.05) is 25.4 Å². The molecule has 12 nitrogen and oxygen atoms in total. The molecular weight excluding hydrogens is 456 g/mol. The van der Waals surface area contributed by atoms with Crippen LogP contribution in [0, 0.1) is 0 Å². The summed E-state index contributed by atoms with van der Waals surface area (Å²) in [5.74, 6) is -0.129. The summed E-state index contributed by atoms with van der Waals surface area (Å²) in [6, 6.07) is 2.86. The molecule has 2 aromatic rings. The summed E-state index contributed by atoms with van der Waals surface area (Å²) in [7, 11) is 1.27. The van der Waals surface area contributed by atoms with Crippen molar-refractivity contribution in [1.82, 2.24) is 15.0 Å². The lowest BCUT2D eigenvalue weighted by Gasteiger charge is -2.45. The number of carbonyl (C=O) groups excluding carboxylic acids is 2. The number of nitrogens with zero attached hydrogens (tertiary/aromatic N) is 5. The SMILES string of the molecule is COC(=O)c1ncc2c(n1)N(C(=O)Nc1cc(OCC3COC(C)(C)O3)ccn1)[C@H]1CCCN2C1. The van der Waals surface area contributed by atoms with E-state index in [-0.39, 0.29) is 18.0 Å². The molecule has 1 N–H and O–H groups in total. The van der Waals surface area contributed by atoms with Gasteiger partial charge in [-0.05, 0) is 32.8 Å². The quantitative estimate of drug-likeness (QED) is 0.631. The average molecular weight is 485 g/mol. The summed E-state index contributed by atoms with van der Waals surface area (Å²) in [4.78, 5) is 41.9. The lowest BCUT2D eigenvalue weighted by molar-refractivity contribution is -0.141. The number of urea groups is 1. The molecule has 3 aliphatic rings. The summed E-state index contributed by atoms with van der Waals surface area (Å²) >= 11 is 0. The zero-order chi connectivity index (χ0) is 24.6. The number of piperidine rings is 1. The van der Waals surface area contributed by atoms with E-state index in [1.807, 2.05) is 13.8 Å². The smallest absolute Gasteiger partial charge is 0.376 e. The Balaban J connectivity index is 1.33. The summed E-state index contributed by atoms with van der Waals surface area (Å²) in [6.07, 6.45) is 4.69. The van der Waals surface area contributed by atoms with Crippen LogP contribution in [0.15, 0.2) is 24.5 Å². The first-order valence-electron chi connectivity index (χ1n) is 11.5. The predicted molar refractivity (Wildman–Crippen MR) is 125 cm³/mol. The maximum absolute atomic E-state index is 13.4. The second kappa shape index (κ2) is 9.27. The third-order valence-corrected chi connectivity index (χ3v) is 6.14. The van der Waals surface area contributed by atoms with Crippen molar-refractivity contribution in [3.05, 3.63) is 30.4 Å². The maximum Gasteiger partial charge on any atom is 0.376 e. The Morgan fingerprint density at radius 1 is 1.31 bits per heavy atom. The fraction of sp³-hybridized carbons (Fsp3) is 0.522. The van der Waals surface area contributed by atoms with Gasteiger partial charge in [-0.15, -0.1) is 0 Å². The molecular formula is C23H28N6O6. The van der Waals surface area contributed by atoms with Crippen LogP contribution in [0.25, 0.3) is 0 Å². The van der Waals surface area contributed by atoms with Gasteiger partial charge in [-0.2, -0.15) is 0 Å². The van der Waals surface area contributed by atoms with Crippen LogP contribution < -0.4 is 19.9 Å². The van der Waals surface area contributed by atoms with Gasteiger partial charge in [0.1, 0.15) is 24.3 Å². The van der Waals surface area contributed by atoms with Crippen molar-refractivity contribution in [2.75, 3.05) is 48.5 Å². The zero-order valence-corrected chi connectivity index (χ0v) is 19.9. The van der Waals surface area contributed by atoms with Gasteiger partial charge in [-0.1, -0.05) is 0 Å². The molecule has 2 atom stereocenters. The highest BCUT2D eigenvalue weighted by molar-refractivity contribution is 6.04. The predicted octanol–water partition coefficient (Wildman–Crippen LogP) is 2.21. The number of nitrogens with one attached hydrogen (secondary N) is 1. The Hall–Kier alpha value is -3.51. The second-order valence-electron chi connectivity index (χ2n) is 9.07. The molecule has 0 aromatic carbocycles. The van der Waals surface area contributed by atoms with Crippen molar-refractivity contribution < 1.29 is 28.5 Å². The molecule has 0 radical (unpaired) electrons. The molecule has 35 heavy (non-hydrogen) atoms. The van der Waals surface area contributed by atoms with Crippen molar-refractivity contribution >= 4 is 29.3 Å². The molecule has 5 heterocycles. The van der Waals surface area contributed by atoms with E-state index in [1.165, 1.54) is 7.11 Å². The Morgan fingerprint density at radius 2 is 2.17 bits per heavy atom. The molecule has 12 heteroatoms. The number of fused-ring (bicyclic) bond motifs is 4. The highest BCUT2D eigenvalue weighted by atomic mass is 16.7. The van der Waals surface area contributed by atoms with Gasteiger partial charge in [0.15, 0.2) is 11.6 Å². The Morgan fingerprint density at radius 3 is 2.94 bits per heavy atom. The van der Waals surface area contributed by atoms with E-state index in [2.05, 4.69) is 25.2 Å². The molecule has 2 amide bonds. The van der Waals surface area contributed by atoms with Gasteiger partial charge in [-0.25, -0.2) is 24.5 Å². The molecule has 0 saturated carbocycles. The fourth-order valence-corrected chi connectivity index (χ4v) is 4.55. The number of amides is 2. The summed E-state index contributed by atoms with van der Waals surface area (Å²) in [5.41, 5.74) is 0.704. The summed E-state index contributed by atoms with van der Waals surface area (Å²) in [5, 5.41) is 2.84. The number of hydrogen-bond donors (Lipinski definition) is 1. The normalized spacial score (nSPS) is 22.4. The lowest BCUT2D eigenvalue weighted by Crippen LogP contribution is -2.56. The van der Waals surface area contributed by atoms with Crippen LogP contribution in [0.5, 0.6) is 5.75 Å². The Bertz CT molecular complexity index is 1130. The zero-order valence-electron chi connectivity index (χ0n) is 19.9. The van der Waals surface area contributed by atoms with Gasteiger partial charge >= 0.3 is 12.0 Å². The van der Waals surface area contributed by atoms with Crippen LogP contribution in [0.3, 0.4) is 0 Å². The number of carbonyl (C=O) groups is 2. The molecule has 2 fully saturated rings. The van der Waals surface area contributed by atoms with E-state index in [0.717, 1.165) is 19.4 Å². The summed E-state index contributed by atoms with van der Waals surface area (Å²) in [6.45, 7) is 5.98. The molecule has 0 aliphatic carbocycles.